The topological polar surface area (TPSA) is 72.0 Å². The van der Waals surface area contributed by atoms with Crippen molar-refractivity contribution in [3.8, 4) is 6.19 Å². The lowest BCUT2D eigenvalue weighted by atomic mass is 10.1. The van der Waals surface area contributed by atoms with Crippen molar-refractivity contribution in [1.29, 1.82) is 10.7 Å². The van der Waals surface area contributed by atoms with Gasteiger partial charge < -0.3 is 5.32 Å². The highest BCUT2D eigenvalue weighted by molar-refractivity contribution is 6.47. The molecule has 0 saturated heterocycles. The zero-order valence-corrected chi connectivity index (χ0v) is 8.47. The zero-order valence-electron chi connectivity index (χ0n) is 6.96. The SMILES string of the molecule is N#CN=C1C=C(Cl)C(NC=N)C=C1Cl. The Kier molecular flexibility index (Phi) is 3.69. The number of rotatable bonds is 2. The van der Waals surface area contributed by atoms with Gasteiger partial charge in [-0.3, -0.25) is 5.41 Å². The molecule has 0 aromatic rings. The molecule has 0 spiro atoms. The maximum atomic E-state index is 8.34. The molecule has 0 fully saturated rings. The van der Waals surface area contributed by atoms with E-state index in [4.69, 9.17) is 33.9 Å². The molecular formula is C8H6Cl2N4. The fraction of sp³-hybridized carbons (Fsp3) is 0.125. The fourth-order valence-corrected chi connectivity index (χ4v) is 1.41. The van der Waals surface area contributed by atoms with Gasteiger partial charge in [0.25, 0.3) is 0 Å². The van der Waals surface area contributed by atoms with Crippen LogP contribution in [0.1, 0.15) is 0 Å². The van der Waals surface area contributed by atoms with Crippen molar-refractivity contribution in [3.63, 3.8) is 0 Å². The van der Waals surface area contributed by atoms with Gasteiger partial charge in [0.1, 0.15) is 0 Å². The van der Waals surface area contributed by atoms with Crippen molar-refractivity contribution in [2.24, 2.45) is 4.99 Å². The summed E-state index contributed by atoms with van der Waals surface area (Å²) < 4.78 is 0. The normalized spacial score (nSPS) is 23.5. The highest BCUT2D eigenvalue weighted by atomic mass is 35.5. The minimum atomic E-state index is -0.320. The molecule has 1 rings (SSSR count). The Hall–Kier alpha value is -1.31. The van der Waals surface area contributed by atoms with Crippen LogP contribution in [0.4, 0.5) is 0 Å². The van der Waals surface area contributed by atoms with Crippen molar-refractivity contribution >= 4 is 35.3 Å². The third-order valence-electron chi connectivity index (χ3n) is 1.56. The van der Waals surface area contributed by atoms with E-state index >= 15 is 0 Å². The molecule has 14 heavy (non-hydrogen) atoms. The van der Waals surface area contributed by atoms with Crippen LogP contribution in [0.2, 0.25) is 0 Å². The predicted molar refractivity (Wildman–Crippen MR) is 56.6 cm³/mol. The number of halogens is 2. The number of nitrogens with one attached hydrogen (secondary N) is 2. The minimum absolute atomic E-state index is 0.320. The molecule has 72 valence electrons. The molecule has 0 heterocycles. The Bertz CT molecular complexity index is 375. The van der Waals surface area contributed by atoms with Gasteiger partial charge in [-0.2, -0.15) is 10.3 Å². The molecule has 1 unspecified atom stereocenters. The lowest BCUT2D eigenvalue weighted by Crippen LogP contribution is -2.28. The number of allylic oxidation sites excluding steroid dienone is 2. The highest BCUT2D eigenvalue weighted by Gasteiger charge is 2.17. The van der Waals surface area contributed by atoms with Crippen LogP contribution in [0.3, 0.4) is 0 Å². The standard InChI is InChI=1S/C8H6Cl2N4/c9-5-1-7(13-3-11)6(10)2-8(5)14-4-12/h1-3,7H,(H2,11,13). The molecule has 0 radical (unpaired) electrons. The van der Waals surface area contributed by atoms with Crippen molar-refractivity contribution in [2.75, 3.05) is 0 Å². The number of aliphatic imine (C=N–C) groups is 1. The molecule has 6 heteroatoms. The molecule has 1 aliphatic rings. The minimum Gasteiger partial charge on any atom is -0.365 e. The van der Waals surface area contributed by atoms with E-state index in [9.17, 15) is 0 Å². The molecular weight excluding hydrogens is 223 g/mol. The van der Waals surface area contributed by atoms with E-state index in [1.807, 2.05) is 0 Å². The smallest absolute Gasteiger partial charge is 0.206 e. The van der Waals surface area contributed by atoms with Gasteiger partial charge in [0.15, 0.2) is 0 Å². The number of nitriles is 1. The van der Waals surface area contributed by atoms with Crippen LogP contribution < -0.4 is 5.32 Å². The third-order valence-corrected chi connectivity index (χ3v) is 2.23. The molecule has 0 amide bonds. The van der Waals surface area contributed by atoms with Crippen LogP contribution in [0, 0.1) is 16.9 Å². The van der Waals surface area contributed by atoms with E-state index < -0.39 is 0 Å². The Labute approximate surface area is 91.0 Å². The summed E-state index contributed by atoms with van der Waals surface area (Å²) in [5, 5.41) is 18.6. The van der Waals surface area contributed by atoms with Crippen molar-refractivity contribution in [2.45, 2.75) is 6.04 Å². The summed E-state index contributed by atoms with van der Waals surface area (Å²) in [5.41, 5.74) is 0.335. The van der Waals surface area contributed by atoms with Gasteiger partial charge >= 0.3 is 0 Å². The largest absolute Gasteiger partial charge is 0.365 e. The number of hydrogen-bond acceptors (Lipinski definition) is 3. The first-order chi connectivity index (χ1) is 6.69. The maximum Gasteiger partial charge on any atom is 0.206 e. The zero-order chi connectivity index (χ0) is 10.6. The van der Waals surface area contributed by atoms with Crippen molar-refractivity contribution in [3.05, 3.63) is 22.2 Å². The molecule has 1 aliphatic carbocycles. The molecule has 1 atom stereocenters. The first-order valence-corrected chi connectivity index (χ1v) is 4.41. The second-order valence-corrected chi connectivity index (χ2v) is 3.27. The lowest BCUT2D eigenvalue weighted by Gasteiger charge is -2.16. The van der Waals surface area contributed by atoms with Crippen molar-refractivity contribution < 1.29 is 0 Å². The summed E-state index contributed by atoms with van der Waals surface area (Å²) in [6.07, 6.45) is 5.73. The van der Waals surface area contributed by atoms with E-state index in [0.717, 1.165) is 6.34 Å². The van der Waals surface area contributed by atoms with Crippen LogP contribution in [0.15, 0.2) is 27.2 Å². The van der Waals surface area contributed by atoms with Crippen LogP contribution in [0.5, 0.6) is 0 Å². The fourth-order valence-electron chi connectivity index (χ4n) is 0.958. The van der Waals surface area contributed by atoms with Crippen LogP contribution in [-0.2, 0) is 0 Å². The van der Waals surface area contributed by atoms with E-state index in [-0.39, 0.29) is 6.04 Å². The van der Waals surface area contributed by atoms with Crippen LogP contribution in [-0.4, -0.2) is 18.1 Å². The average Bonchev–Trinajstić information content (AvgIpc) is 2.14. The molecule has 2 N–H and O–H groups in total. The van der Waals surface area contributed by atoms with Crippen molar-refractivity contribution in [1.82, 2.24) is 5.32 Å². The maximum absolute atomic E-state index is 8.34. The Balaban J connectivity index is 2.96. The monoisotopic (exact) mass is 228 g/mol. The van der Waals surface area contributed by atoms with Gasteiger partial charge in [0, 0.05) is 5.03 Å². The Morgan fingerprint density at radius 2 is 2.36 bits per heavy atom. The first-order valence-electron chi connectivity index (χ1n) is 3.65. The average molecular weight is 229 g/mol. The van der Waals surface area contributed by atoms with Crippen LogP contribution in [0.25, 0.3) is 0 Å². The Morgan fingerprint density at radius 3 is 2.93 bits per heavy atom. The predicted octanol–water partition coefficient (Wildman–Crippen LogP) is 1.73. The van der Waals surface area contributed by atoms with E-state index in [2.05, 4.69) is 10.3 Å². The lowest BCUT2D eigenvalue weighted by molar-refractivity contribution is 0.875. The van der Waals surface area contributed by atoms with Crippen LogP contribution >= 0.6 is 23.2 Å². The summed E-state index contributed by atoms with van der Waals surface area (Å²) >= 11 is 11.7. The van der Waals surface area contributed by atoms with Gasteiger partial charge in [-0.05, 0) is 12.2 Å². The van der Waals surface area contributed by atoms with Gasteiger partial charge in [-0.25, -0.2) is 0 Å². The molecule has 4 nitrogen and oxygen atoms in total. The van der Waals surface area contributed by atoms with Gasteiger partial charge in [-0.15, -0.1) is 0 Å². The van der Waals surface area contributed by atoms with E-state index in [0.29, 0.717) is 15.8 Å². The van der Waals surface area contributed by atoms with E-state index in [1.165, 1.54) is 6.08 Å². The first kappa shape index (κ1) is 10.8. The molecule has 0 bridgehead atoms. The molecule has 0 aliphatic heterocycles. The Morgan fingerprint density at radius 1 is 1.64 bits per heavy atom. The van der Waals surface area contributed by atoms with Gasteiger partial charge in [-0.1, -0.05) is 23.2 Å². The highest BCUT2D eigenvalue weighted by Crippen LogP contribution is 2.21. The summed E-state index contributed by atoms with van der Waals surface area (Å²) in [5.74, 6) is 0. The molecule has 0 saturated carbocycles. The second-order valence-electron chi connectivity index (χ2n) is 2.43. The summed E-state index contributed by atoms with van der Waals surface area (Å²) in [4.78, 5) is 3.49. The van der Waals surface area contributed by atoms with Gasteiger partial charge in [0.05, 0.1) is 23.1 Å². The number of hydrogen-bond donors (Lipinski definition) is 2. The van der Waals surface area contributed by atoms with Gasteiger partial charge in [0.2, 0.25) is 6.19 Å². The summed E-state index contributed by atoms with van der Waals surface area (Å²) in [6, 6.07) is -0.320. The summed E-state index contributed by atoms with van der Waals surface area (Å²) in [6.45, 7) is 0. The molecule has 0 aromatic heterocycles. The molecule has 0 aromatic carbocycles. The second kappa shape index (κ2) is 4.80. The number of nitrogens with zero attached hydrogens (tertiary/aromatic N) is 2. The quantitative estimate of drug-likeness (QED) is 0.430. The summed E-state index contributed by atoms with van der Waals surface area (Å²) in [7, 11) is 0. The van der Waals surface area contributed by atoms with E-state index in [1.54, 1.807) is 12.3 Å². The third kappa shape index (κ3) is 2.34.